The Balaban J connectivity index is 1.67. The zero-order valence-corrected chi connectivity index (χ0v) is 15.4. The van der Waals surface area contributed by atoms with Gasteiger partial charge in [0.2, 0.25) is 15.9 Å². The minimum Gasteiger partial charge on any atom is -0.339 e. The number of nitrogens with zero attached hydrogens (tertiary/aromatic N) is 2. The van der Waals surface area contributed by atoms with Crippen LogP contribution < -0.4 is 5.32 Å². The largest absolute Gasteiger partial charge is 0.339 e. The number of rotatable bonds is 3. The van der Waals surface area contributed by atoms with Crippen LogP contribution in [0, 0.1) is 0 Å². The van der Waals surface area contributed by atoms with Crippen molar-refractivity contribution in [1.82, 2.24) is 14.5 Å². The Morgan fingerprint density at radius 1 is 1.12 bits per heavy atom. The van der Waals surface area contributed by atoms with E-state index >= 15 is 0 Å². The van der Waals surface area contributed by atoms with E-state index in [1.807, 2.05) is 0 Å². The average Bonchev–Trinajstić information content (AvgIpc) is 3.11. The van der Waals surface area contributed by atoms with E-state index in [2.05, 4.69) is 5.32 Å². The molecule has 0 bridgehead atoms. The average molecular weight is 392 g/mol. The lowest BCUT2D eigenvalue weighted by Crippen LogP contribution is -2.54. The van der Waals surface area contributed by atoms with Crippen LogP contribution in [0.1, 0.15) is 12.8 Å². The van der Waals surface area contributed by atoms with Gasteiger partial charge in [0.15, 0.2) is 0 Å². The molecule has 0 saturated carbocycles. The summed E-state index contributed by atoms with van der Waals surface area (Å²) in [5, 5.41) is 3.70. The van der Waals surface area contributed by atoms with Crippen LogP contribution in [0.25, 0.3) is 0 Å². The van der Waals surface area contributed by atoms with Crippen LogP contribution in [0.2, 0.25) is 10.0 Å². The normalized spacial score (nSPS) is 22.8. The molecule has 2 fully saturated rings. The third kappa shape index (κ3) is 3.55. The third-order valence-corrected chi connectivity index (χ3v) is 7.07. The first kappa shape index (κ1) is 17.9. The van der Waals surface area contributed by atoms with Crippen LogP contribution >= 0.6 is 23.2 Å². The monoisotopic (exact) mass is 391 g/mol. The van der Waals surface area contributed by atoms with Crippen molar-refractivity contribution in [2.75, 3.05) is 32.7 Å². The molecule has 132 valence electrons. The lowest BCUT2D eigenvalue weighted by molar-refractivity contribution is -0.134. The Hall–Kier alpha value is -0.860. The highest BCUT2D eigenvalue weighted by Crippen LogP contribution is 2.27. The van der Waals surface area contributed by atoms with Crippen molar-refractivity contribution in [3.05, 3.63) is 28.2 Å². The standard InChI is InChI=1S/C15H19Cl2N3O3S/c16-12-4-3-11(10-13(12)17)24(22,23)20-8-6-19(7-9-20)15(21)14-2-1-5-18-14/h3-4,10,14,18H,1-2,5-9H2. The van der Waals surface area contributed by atoms with Gasteiger partial charge in [-0.1, -0.05) is 23.2 Å². The van der Waals surface area contributed by atoms with E-state index in [1.165, 1.54) is 22.5 Å². The summed E-state index contributed by atoms with van der Waals surface area (Å²) >= 11 is 11.8. The van der Waals surface area contributed by atoms with Crippen molar-refractivity contribution < 1.29 is 13.2 Å². The molecule has 2 aliphatic heterocycles. The molecule has 1 N–H and O–H groups in total. The fourth-order valence-electron chi connectivity index (χ4n) is 3.05. The van der Waals surface area contributed by atoms with Gasteiger partial charge >= 0.3 is 0 Å². The van der Waals surface area contributed by atoms with Gasteiger partial charge in [-0.25, -0.2) is 8.42 Å². The Bertz CT molecular complexity index is 727. The van der Waals surface area contributed by atoms with Gasteiger partial charge in [-0.15, -0.1) is 0 Å². The molecule has 0 aliphatic carbocycles. The molecule has 3 rings (SSSR count). The molecule has 1 atom stereocenters. The molecule has 1 unspecified atom stereocenters. The van der Waals surface area contributed by atoms with Gasteiger partial charge in [0.1, 0.15) is 0 Å². The highest BCUT2D eigenvalue weighted by molar-refractivity contribution is 7.89. The Morgan fingerprint density at radius 3 is 2.42 bits per heavy atom. The molecule has 9 heteroatoms. The second-order valence-corrected chi connectivity index (χ2v) is 8.71. The predicted molar refractivity (Wildman–Crippen MR) is 92.8 cm³/mol. The number of piperazine rings is 1. The molecule has 0 spiro atoms. The van der Waals surface area contributed by atoms with E-state index in [0.717, 1.165) is 19.4 Å². The SMILES string of the molecule is O=C(C1CCCN1)N1CCN(S(=O)(=O)c2ccc(Cl)c(Cl)c2)CC1. The summed E-state index contributed by atoms with van der Waals surface area (Å²) < 4.78 is 26.8. The molecule has 24 heavy (non-hydrogen) atoms. The molecule has 6 nitrogen and oxygen atoms in total. The minimum atomic E-state index is -3.63. The van der Waals surface area contributed by atoms with Crippen LogP contribution in [0.15, 0.2) is 23.1 Å². The topological polar surface area (TPSA) is 69.7 Å². The van der Waals surface area contributed by atoms with Crippen LogP contribution in [-0.4, -0.2) is 62.3 Å². The number of amides is 1. The second kappa shape index (κ2) is 7.17. The molecular weight excluding hydrogens is 373 g/mol. The first-order valence-electron chi connectivity index (χ1n) is 7.87. The molecule has 0 aromatic heterocycles. The van der Waals surface area contributed by atoms with Crippen LogP contribution in [0.4, 0.5) is 0 Å². The van der Waals surface area contributed by atoms with Crippen LogP contribution in [0.5, 0.6) is 0 Å². The van der Waals surface area contributed by atoms with Gasteiger partial charge in [0, 0.05) is 26.2 Å². The summed E-state index contributed by atoms with van der Waals surface area (Å²) in [7, 11) is -3.63. The summed E-state index contributed by atoms with van der Waals surface area (Å²) in [6.45, 7) is 2.22. The van der Waals surface area contributed by atoms with Crippen LogP contribution in [-0.2, 0) is 14.8 Å². The van der Waals surface area contributed by atoms with Crippen molar-refractivity contribution in [3.63, 3.8) is 0 Å². The maximum absolute atomic E-state index is 12.7. The maximum atomic E-state index is 12.7. The van der Waals surface area contributed by atoms with Gasteiger partial charge < -0.3 is 10.2 Å². The molecular formula is C15H19Cl2N3O3S. The highest BCUT2D eigenvalue weighted by Gasteiger charge is 2.33. The lowest BCUT2D eigenvalue weighted by Gasteiger charge is -2.35. The van der Waals surface area contributed by atoms with Gasteiger partial charge in [-0.2, -0.15) is 4.31 Å². The van der Waals surface area contributed by atoms with Crippen molar-refractivity contribution in [1.29, 1.82) is 0 Å². The van der Waals surface area contributed by atoms with E-state index in [1.54, 1.807) is 4.90 Å². The van der Waals surface area contributed by atoms with E-state index in [9.17, 15) is 13.2 Å². The van der Waals surface area contributed by atoms with E-state index in [4.69, 9.17) is 23.2 Å². The second-order valence-electron chi connectivity index (χ2n) is 5.95. The maximum Gasteiger partial charge on any atom is 0.243 e. The quantitative estimate of drug-likeness (QED) is 0.848. The zero-order valence-electron chi connectivity index (χ0n) is 13.0. The summed E-state index contributed by atoms with van der Waals surface area (Å²) in [6.07, 6.45) is 1.85. The Labute approximate surface area is 151 Å². The first-order chi connectivity index (χ1) is 11.4. The molecule has 2 saturated heterocycles. The fourth-order valence-corrected chi connectivity index (χ4v) is 4.86. The summed E-state index contributed by atoms with van der Waals surface area (Å²) in [5.74, 6) is 0.0686. The first-order valence-corrected chi connectivity index (χ1v) is 10.1. The Morgan fingerprint density at radius 2 is 1.83 bits per heavy atom. The van der Waals surface area contributed by atoms with E-state index in [0.29, 0.717) is 18.1 Å². The molecule has 1 aromatic rings. The lowest BCUT2D eigenvalue weighted by atomic mass is 10.2. The minimum absolute atomic E-state index is 0.0686. The molecule has 1 aromatic carbocycles. The zero-order chi connectivity index (χ0) is 17.3. The summed E-state index contributed by atoms with van der Waals surface area (Å²) in [6, 6.07) is 4.16. The van der Waals surface area contributed by atoms with Crippen LogP contribution in [0.3, 0.4) is 0 Å². The van der Waals surface area contributed by atoms with Crippen molar-refractivity contribution in [3.8, 4) is 0 Å². The number of hydrogen-bond donors (Lipinski definition) is 1. The Kier molecular flexibility index (Phi) is 5.36. The summed E-state index contributed by atoms with van der Waals surface area (Å²) in [5.41, 5.74) is 0. The van der Waals surface area contributed by atoms with Gasteiger partial charge in [-0.3, -0.25) is 4.79 Å². The summed E-state index contributed by atoms with van der Waals surface area (Å²) in [4.78, 5) is 14.2. The van der Waals surface area contributed by atoms with E-state index in [-0.39, 0.29) is 35.0 Å². The number of hydrogen-bond acceptors (Lipinski definition) is 4. The fraction of sp³-hybridized carbons (Fsp3) is 0.533. The van der Waals surface area contributed by atoms with Gasteiger partial charge in [0.05, 0.1) is 21.0 Å². The number of nitrogens with one attached hydrogen (secondary N) is 1. The number of benzene rings is 1. The molecule has 1 amide bonds. The van der Waals surface area contributed by atoms with Gasteiger partial charge in [-0.05, 0) is 37.6 Å². The number of halogens is 2. The van der Waals surface area contributed by atoms with E-state index < -0.39 is 10.0 Å². The predicted octanol–water partition coefficient (Wildman–Crippen LogP) is 1.58. The third-order valence-electron chi connectivity index (χ3n) is 4.44. The smallest absolute Gasteiger partial charge is 0.243 e. The number of carbonyl (C=O) groups excluding carboxylic acids is 1. The molecule has 0 radical (unpaired) electrons. The van der Waals surface area contributed by atoms with Crippen molar-refractivity contribution in [2.24, 2.45) is 0 Å². The van der Waals surface area contributed by atoms with Crippen molar-refractivity contribution >= 4 is 39.1 Å². The molecule has 2 heterocycles. The number of carbonyl (C=O) groups is 1. The van der Waals surface area contributed by atoms with Crippen molar-refractivity contribution in [2.45, 2.75) is 23.8 Å². The highest BCUT2D eigenvalue weighted by atomic mass is 35.5. The van der Waals surface area contributed by atoms with Gasteiger partial charge in [0.25, 0.3) is 0 Å². The number of sulfonamides is 1. The molecule has 2 aliphatic rings.